The summed E-state index contributed by atoms with van der Waals surface area (Å²) in [5, 5.41) is 9.69. The number of hydrogen-bond acceptors (Lipinski definition) is 5. The molecule has 1 aliphatic rings. The highest BCUT2D eigenvalue weighted by atomic mass is 32.1. The van der Waals surface area contributed by atoms with Gasteiger partial charge in [-0.2, -0.15) is 0 Å². The SMILES string of the molecule is CC[C@@H](CO)N(Cc1ccc(C)s1)C(=O)Cc1ccc2c(c1)OCO2. The number of hydrogen-bond donors (Lipinski definition) is 1. The van der Waals surface area contributed by atoms with E-state index in [1.54, 1.807) is 16.2 Å². The second-order valence-electron chi connectivity index (χ2n) is 6.14. The molecule has 1 amide bonds. The van der Waals surface area contributed by atoms with Crippen LogP contribution < -0.4 is 9.47 Å². The minimum atomic E-state index is -0.177. The van der Waals surface area contributed by atoms with Crippen LogP contribution in [0.2, 0.25) is 0 Å². The molecule has 5 nitrogen and oxygen atoms in total. The monoisotopic (exact) mass is 361 g/mol. The molecule has 1 aliphatic heterocycles. The Morgan fingerprint density at radius 2 is 2.08 bits per heavy atom. The van der Waals surface area contributed by atoms with Gasteiger partial charge in [-0.1, -0.05) is 13.0 Å². The van der Waals surface area contributed by atoms with Crippen molar-refractivity contribution in [2.75, 3.05) is 13.4 Å². The minimum Gasteiger partial charge on any atom is -0.454 e. The van der Waals surface area contributed by atoms with E-state index in [1.807, 2.05) is 31.2 Å². The van der Waals surface area contributed by atoms with Gasteiger partial charge in [0, 0.05) is 9.75 Å². The van der Waals surface area contributed by atoms with Crippen molar-refractivity contribution in [1.29, 1.82) is 0 Å². The summed E-state index contributed by atoms with van der Waals surface area (Å²) < 4.78 is 10.7. The van der Waals surface area contributed by atoms with Crippen LogP contribution in [-0.4, -0.2) is 35.4 Å². The Labute approximate surface area is 151 Å². The highest BCUT2D eigenvalue weighted by molar-refractivity contribution is 7.11. The number of rotatable bonds is 7. The van der Waals surface area contributed by atoms with E-state index in [9.17, 15) is 9.90 Å². The van der Waals surface area contributed by atoms with Gasteiger partial charge in [0.05, 0.1) is 25.6 Å². The summed E-state index contributed by atoms with van der Waals surface area (Å²) in [6.45, 7) is 4.76. The first-order valence-electron chi connectivity index (χ1n) is 8.45. The minimum absolute atomic E-state index is 0.00539. The molecule has 0 unspecified atom stereocenters. The summed E-state index contributed by atoms with van der Waals surface area (Å²) in [6.07, 6.45) is 0.991. The average Bonchev–Trinajstić information content (AvgIpc) is 3.23. The lowest BCUT2D eigenvalue weighted by atomic mass is 10.1. The van der Waals surface area contributed by atoms with Gasteiger partial charge in [-0.3, -0.25) is 4.79 Å². The van der Waals surface area contributed by atoms with E-state index in [0.29, 0.717) is 24.5 Å². The van der Waals surface area contributed by atoms with Gasteiger partial charge < -0.3 is 19.5 Å². The van der Waals surface area contributed by atoms with Gasteiger partial charge >= 0.3 is 0 Å². The number of aliphatic hydroxyl groups excluding tert-OH is 1. The fourth-order valence-electron chi connectivity index (χ4n) is 2.93. The molecule has 1 atom stereocenters. The van der Waals surface area contributed by atoms with Crippen molar-refractivity contribution in [2.45, 2.75) is 39.3 Å². The van der Waals surface area contributed by atoms with E-state index in [1.165, 1.54) is 4.88 Å². The molecule has 1 aromatic carbocycles. The summed E-state index contributed by atoms with van der Waals surface area (Å²) >= 11 is 1.68. The fourth-order valence-corrected chi connectivity index (χ4v) is 3.82. The van der Waals surface area contributed by atoms with Crippen LogP contribution in [0.25, 0.3) is 0 Å². The molecule has 0 bridgehead atoms. The van der Waals surface area contributed by atoms with Crippen molar-refractivity contribution >= 4 is 17.2 Å². The van der Waals surface area contributed by atoms with E-state index in [-0.39, 0.29) is 31.8 Å². The molecular weight excluding hydrogens is 338 g/mol. The van der Waals surface area contributed by atoms with Gasteiger partial charge in [0.2, 0.25) is 12.7 Å². The predicted octanol–water partition coefficient (Wildman–Crippen LogP) is 3.13. The molecule has 0 spiro atoms. The second kappa shape index (κ2) is 7.89. The smallest absolute Gasteiger partial charge is 0.231 e. The third-order valence-electron chi connectivity index (χ3n) is 4.36. The maximum absolute atomic E-state index is 12.9. The molecule has 2 aromatic rings. The van der Waals surface area contributed by atoms with Gasteiger partial charge in [0.15, 0.2) is 11.5 Å². The van der Waals surface area contributed by atoms with Crippen LogP contribution in [0.4, 0.5) is 0 Å². The van der Waals surface area contributed by atoms with Crippen molar-refractivity contribution in [2.24, 2.45) is 0 Å². The van der Waals surface area contributed by atoms with E-state index in [4.69, 9.17) is 9.47 Å². The fraction of sp³-hybridized carbons (Fsp3) is 0.421. The lowest BCUT2D eigenvalue weighted by Crippen LogP contribution is -2.42. The molecule has 0 fully saturated rings. The normalized spacial score (nSPS) is 13.7. The predicted molar refractivity (Wildman–Crippen MR) is 97.0 cm³/mol. The van der Waals surface area contributed by atoms with Crippen molar-refractivity contribution in [1.82, 2.24) is 4.90 Å². The quantitative estimate of drug-likeness (QED) is 0.823. The highest BCUT2D eigenvalue weighted by Gasteiger charge is 2.23. The Hall–Kier alpha value is -2.05. The van der Waals surface area contributed by atoms with E-state index in [0.717, 1.165) is 10.4 Å². The topological polar surface area (TPSA) is 59.0 Å². The first-order valence-corrected chi connectivity index (χ1v) is 9.26. The van der Waals surface area contributed by atoms with Gasteiger partial charge in [-0.25, -0.2) is 0 Å². The number of fused-ring (bicyclic) bond motifs is 1. The Kier molecular flexibility index (Phi) is 5.60. The number of carbonyl (C=O) groups is 1. The third-order valence-corrected chi connectivity index (χ3v) is 5.34. The number of amides is 1. The first-order chi connectivity index (χ1) is 12.1. The molecule has 25 heavy (non-hydrogen) atoms. The van der Waals surface area contributed by atoms with Crippen LogP contribution in [0.3, 0.4) is 0 Å². The van der Waals surface area contributed by atoms with Crippen molar-refractivity contribution in [3.05, 3.63) is 45.6 Å². The summed E-state index contributed by atoms with van der Waals surface area (Å²) in [4.78, 5) is 17.1. The molecular formula is C19H23NO4S. The molecule has 134 valence electrons. The number of aliphatic hydroxyl groups is 1. The molecule has 0 aliphatic carbocycles. The molecule has 0 saturated carbocycles. The van der Waals surface area contributed by atoms with Gasteiger partial charge in [0.25, 0.3) is 0 Å². The van der Waals surface area contributed by atoms with Crippen LogP contribution >= 0.6 is 11.3 Å². The molecule has 1 aromatic heterocycles. The number of benzene rings is 1. The van der Waals surface area contributed by atoms with E-state index < -0.39 is 0 Å². The second-order valence-corrected chi connectivity index (χ2v) is 7.52. The molecule has 2 heterocycles. The summed E-state index contributed by atoms with van der Waals surface area (Å²) in [5.41, 5.74) is 0.884. The molecule has 1 N–H and O–H groups in total. The average molecular weight is 361 g/mol. The molecule has 6 heteroatoms. The highest BCUT2D eigenvalue weighted by Crippen LogP contribution is 2.32. The van der Waals surface area contributed by atoms with E-state index in [2.05, 4.69) is 13.0 Å². The Bertz CT molecular complexity index is 739. The number of nitrogens with zero attached hydrogens (tertiary/aromatic N) is 1. The number of ether oxygens (including phenoxy) is 2. The van der Waals surface area contributed by atoms with Gasteiger partial charge in [0.1, 0.15) is 0 Å². The van der Waals surface area contributed by atoms with Crippen LogP contribution in [0.1, 0.15) is 28.7 Å². The zero-order valence-corrected chi connectivity index (χ0v) is 15.3. The number of aryl methyl sites for hydroxylation is 1. The summed E-state index contributed by atoms with van der Waals surface area (Å²) in [6, 6.07) is 9.50. The maximum Gasteiger partial charge on any atom is 0.231 e. The van der Waals surface area contributed by atoms with Gasteiger partial charge in [-0.15, -0.1) is 11.3 Å². The number of thiophene rings is 1. The van der Waals surface area contributed by atoms with Crippen LogP contribution in [-0.2, 0) is 17.8 Å². The van der Waals surface area contributed by atoms with Gasteiger partial charge in [-0.05, 0) is 43.2 Å². The third kappa shape index (κ3) is 4.14. The van der Waals surface area contributed by atoms with Crippen LogP contribution in [0.15, 0.2) is 30.3 Å². The zero-order valence-electron chi connectivity index (χ0n) is 14.5. The lowest BCUT2D eigenvalue weighted by molar-refractivity contribution is -0.134. The Morgan fingerprint density at radius 1 is 1.28 bits per heavy atom. The van der Waals surface area contributed by atoms with Crippen molar-refractivity contribution < 1.29 is 19.4 Å². The van der Waals surface area contributed by atoms with Crippen LogP contribution in [0, 0.1) is 6.92 Å². The maximum atomic E-state index is 12.9. The summed E-state index contributed by atoms with van der Waals surface area (Å²) in [7, 11) is 0. The standard InChI is InChI=1S/C19H23NO4S/c1-3-15(11-21)20(10-16-6-4-13(2)25-16)19(22)9-14-5-7-17-18(8-14)24-12-23-17/h4-8,15,21H,3,9-12H2,1-2H3/t15-/m0/s1. The van der Waals surface area contributed by atoms with E-state index >= 15 is 0 Å². The Morgan fingerprint density at radius 3 is 2.76 bits per heavy atom. The lowest BCUT2D eigenvalue weighted by Gasteiger charge is -2.30. The van der Waals surface area contributed by atoms with Crippen molar-refractivity contribution in [3.8, 4) is 11.5 Å². The van der Waals surface area contributed by atoms with Crippen molar-refractivity contribution in [3.63, 3.8) is 0 Å². The molecule has 3 rings (SSSR count). The summed E-state index contributed by atoms with van der Waals surface area (Å²) in [5.74, 6) is 1.40. The van der Waals surface area contributed by atoms with Crippen LogP contribution in [0.5, 0.6) is 11.5 Å². The Balaban J connectivity index is 1.76. The number of carbonyl (C=O) groups excluding carboxylic acids is 1. The largest absolute Gasteiger partial charge is 0.454 e. The molecule has 0 radical (unpaired) electrons. The first kappa shape index (κ1) is 17.8. The molecule has 0 saturated heterocycles. The zero-order chi connectivity index (χ0) is 17.8.